The Morgan fingerprint density at radius 3 is 2.29 bits per heavy atom. The lowest BCUT2D eigenvalue weighted by Gasteiger charge is -2.12. The van der Waals surface area contributed by atoms with E-state index in [9.17, 15) is 22.0 Å². The second kappa shape index (κ2) is 6.01. The van der Waals surface area contributed by atoms with Gasteiger partial charge in [-0.25, -0.2) is 8.78 Å². The number of hydrogen-bond donors (Lipinski definition) is 1. The van der Waals surface area contributed by atoms with E-state index in [0.717, 1.165) is 6.07 Å². The number of nitrogens with one attached hydrogen (secondary N) is 1. The molecule has 0 amide bonds. The quantitative estimate of drug-likeness (QED) is 0.722. The molecule has 0 spiro atoms. The van der Waals surface area contributed by atoms with Gasteiger partial charge in [0.05, 0.1) is 10.0 Å². The molecule has 0 atom stereocenters. The van der Waals surface area contributed by atoms with Crippen LogP contribution >= 0.6 is 15.9 Å². The van der Waals surface area contributed by atoms with Crippen molar-refractivity contribution in [3.8, 4) is 0 Å². The van der Waals surface area contributed by atoms with Crippen LogP contribution in [0.2, 0.25) is 0 Å². The van der Waals surface area contributed by atoms with Crippen molar-refractivity contribution in [3.63, 3.8) is 0 Å². The number of halogens is 6. The highest BCUT2D eigenvalue weighted by atomic mass is 79.9. The highest BCUT2D eigenvalue weighted by Gasteiger charge is 2.34. The van der Waals surface area contributed by atoms with Gasteiger partial charge in [-0.3, -0.25) is 0 Å². The van der Waals surface area contributed by atoms with Gasteiger partial charge in [0.1, 0.15) is 11.6 Å². The minimum Gasteiger partial charge on any atom is -0.381 e. The summed E-state index contributed by atoms with van der Waals surface area (Å²) in [5.74, 6) is -1.80. The van der Waals surface area contributed by atoms with Gasteiger partial charge in [0, 0.05) is 12.2 Å². The fourth-order valence-electron chi connectivity index (χ4n) is 1.71. The molecule has 0 aliphatic rings. The average Bonchev–Trinajstić information content (AvgIpc) is 2.40. The Bertz CT molecular complexity index is 654. The molecule has 0 aliphatic carbocycles. The fourth-order valence-corrected chi connectivity index (χ4v) is 1.95. The van der Waals surface area contributed by atoms with E-state index in [0.29, 0.717) is 16.1 Å². The summed E-state index contributed by atoms with van der Waals surface area (Å²) in [6.45, 7) is 0.118. The van der Waals surface area contributed by atoms with Crippen molar-refractivity contribution in [2.45, 2.75) is 12.7 Å². The van der Waals surface area contributed by atoms with E-state index in [1.165, 1.54) is 18.2 Å². The normalized spacial score (nSPS) is 11.5. The summed E-state index contributed by atoms with van der Waals surface area (Å²) in [4.78, 5) is 0. The van der Waals surface area contributed by atoms with E-state index >= 15 is 0 Å². The first-order chi connectivity index (χ1) is 9.77. The topological polar surface area (TPSA) is 12.0 Å². The Labute approximate surface area is 125 Å². The minimum absolute atomic E-state index is 0.104. The molecule has 112 valence electrons. The van der Waals surface area contributed by atoms with Crippen LogP contribution in [0.1, 0.15) is 11.1 Å². The van der Waals surface area contributed by atoms with E-state index in [-0.39, 0.29) is 12.2 Å². The Hall–Kier alpha value is -1.63. The summed E-state index contributed by atoms with van der Waals surface area (Å²) in [6, 6.07) is 7.00. The van der Waals surface area contributed by atoms with Crippen molar-refractivity contribution in [2.24, 2.45) is 0 Å². The fraction of sp³-hybridized carbons (Fsp3) is 0.143. The first kappa shape index (κ1) is 15.8. The van der Waals surface area contributed by atoms with E-state index in [4.69, 9.17) is 0 Å². The molecule has 0 saturated heterocycles. The summed E-state index contributed by atoms with van der Waals surface area (Å²) in [6.07, 6.45) is -4.76. The Balaban J connectivity index is 2.15. The number of benzene rings is 2. The maximum atomic E-state index is 13.3. The highest BCUT2D eigenvalue weighted by molar-refractivity contribution is 9.10. The lowest BCUT2D eigenvalue weighted by molar-refractivity contribution is -0.139. The first-order valence-corrected chi connectivity index (χ1v) is 6.61. The Kier molecular flexibility index (Phi) is 4.51. The smallest absolute Gasteiger partial charge is 0.381 e. The van der Waals surface area contributed by atoms with Crippen molar-refractivity contribution in [1.29, 1.82) is 0 Å². The van der Waals surface area contributed by atoms with Crippen LogP contribution in [-0.2, 0) is 12.7 Å². The SMILES string of the molecule is Fc1cc(CNc2ccc(F)c(C(F)(F)F)c2)ccc1Br. The molecule has 0 bridgehead atoms. The minimum atomic E-state index is -4.76. The van der Waals surface area contributed by atoms with Crippen molar-refractivity contribution >= 4 is 21.6 Å². The first-order valence-electron chi connectivity index (χ1n) is 5.82. The Morgan fingerprint density at radius 2 is 1.67 bits per heavy atom. The average molecular weight is 366 g/mol. The van der Waals surface area contributed by atoms with Crippen LogP contribution in [0.4, 0.5) is 27.6 Å². The molecule has 0 unspecified atom stereocenters. The van der Waals surface area contributed by atoms with Crippen LogP contribution < -0.4 is 5.32 Å². The van der Waals surface area contributed by atoms with Gasteiger partial charge in [-0.1, -0.05) is 6.07 Å². The van der Waals surface area contributed by atoms with Crippen molar-refractivity contribution in [3.05, 3.63) is 63.6 Å². The molecule has 0 aliphatic heterocycles. The monoisotopic (exact) mass is 365 g/mol. The molecule has 2 rings (SSSR count). The molecule has 0 radical (unpaired) electrons. The number of hydrogen-bond acceptors (Lipinski definition) is 1. The third kappa shape index (κ3) is 3.93. The molecule has 0 saturated carbocycles. The summed E-state index contributed by atoms with van der Waals surface area (Å²) in [7, 11) is 0. The molecular formula is C14H9BrF5N. The van der Waals surface area contributed by atoms with Gasteiger partial charge >= 0.3 is 6.18 Å². The maximum Gasteiger partial charge on any atom is 0.419 e. The lowest BCUT2D eigenvalue weighted by atomic mass is 10.1. The predicted octanol–water partition coefficient (Wildman–Crippen LogP) is 5.36. The highest BCUT2D eigenvalue weighted by Crippen LogP contribution is 2.33. The molecule has 1 nitrogen and oxygen atoms in total. The van der Waals surface area contributed by atoms with Crippen molar-refractivity contribution in [2.75, 3.05) is 5.32 Å². The largest absolute Gasteiger partial charge is 0.419 e. The molecule has 1 N–H and O–H groups in total. The molecule has 0 heterocycles. The Morgan fingerprint density at radius 1 is 0.952 bits per heavy atom. The van der Waals surface area contributed by atoms with E-state index in [2.05, 4.69) is 21.2 Å². The third-order valence-corrected chi connectivity index (χ3v) is 3.40. The van der Waals surface area contributed by atoms with E-state index in [1.807, 2.05) is 0 Å². The van der Waals surface area contributed by atoms with Gasteiger partial charge < -0.3 is 5.32 Å². The second-order valence-corrected chi connectivity index (χ2v) is 5.15. The van der Waals surface area contributed by atoms with Gasteiger partial charge in [-0.2, -0.15) is 13.2 Å². The van der Waals surface area contributed by atoms with Crippen LogP contribution in [0.25, 0.3) is 0 Å². The van der Waals surface area contributed by atoms with Gasteiger partial charge in [-0.05, 0) is 51.8 Å². The van der Waals surface area contributed by atoms with Crippen LogP contribution in [0.5, 0.6) is 0 Å². The summed E-state index contributed by atoms with van der Waals surface area (Å²) in [5.41, 5.74) is -0.685. The second-order valence-electron chi connectivity index (χ2n) is 4.29. The molecule has 0 fully saturated rings. The zero-order valence-electron chi connectivity index (χ0n) is 10.4. The van der Waals surface area contributed by atoms with Crippen molar-refractivity contribution in [1.82, 2.24) is 0 Å². The zero-order chi connectivity index (χ0) is 15.6. The number of rotatable bonds is 3. The van der Waals surface area contributed by atoms with Crippen LogP contribution in [0, 0.1) is 11.6 Å². The molecule has 2 aromatic rings. The number of alkyl halides is 3. The molecule has 0 aromatic heterocycles. The van der Waals surface area contributed by atoms with Crippen LogP contribution in [0.15, 0.2) is 40.9 Å². The third-order valence-electron chi connectivity index (χ3n) is 2.75. The van der Waals surface area contributed by atoms with Gasteiger partial charge in [0.2, 0.25) is 0 Å². The lowest BCUT2D eigenvalue weighted by Crippen LogP contribution is -2.09. The van der Waals surface area contributed by atoms with Gasteiger partial charge in [0.25, 0.3) is 0 Å². The number of anilines is 1. The van der Waals surface area contributed by atoms with E-state index < -0.39 is 23.4 Å². The summed E-state index contributed by atoms with van der Waals surface area (Å²) in [5, 5.41) is 2.70. The van der Waals surface area contributed by atoms with Gasteiger partial charge in [0.15, 0.2) is 0 Å². The molecule has 21 heavy (non-hydrogen) atoms. The summed E-state index contributed by atoms with van der Waals surface area (Å²) < 4.78 is 64.4. The molecular weight excluding hydrogens is 357 g/mol. The van der Waals surface area contributed by atoms with Crippen LogP contribution in [0.3, 0.4) is 0 Å². The van der Waals surface area contributed by atoms with Crippen LogP contribution in [-0.4, -0.2) is 0 Å². The van der Waals surface area contributed by atoms with Crippen molar-refractivity contribution < 1.29 is 22.0 Å². The van der Waals surface area contributed by atoms with E-state index in [1.54, 1.807) is 6.07 Å². The molecule has 7 heteroatoms. The van der Waals surface area contributed by atoms with Gasteiger partial charge in [-0.15, -0.1) is 0 Å². The maximum absolute atomic E-state index is 13.3. The zero-order valence-corrected chi connectivity index (χ0v) is 12.0. The summed E-state index contributed by atoms with van der Waals surface area (Å²) >= 11 is 3.00. The predicted molar refractivity (Wildman–Crippen MR) is 72.8 cm³/mol. The standard InChI is InChI=1S/C14H9BrF5N/c15-11-3-1-8(5-13(11)17)7-21-9-2-4-12(16)10(6-9)14(18,19)20/h1-6,21H,7H2. The molecule has 2 aromatic carbocycles.